The van der Waals surface area contributed by atoms with Gasteiger partial charge in [0.15, 0.2) is 0 Å². The van der Waals surface area contributed by atoms with Crippen LogP contribution in [-0.2, 0) is 14.3 Å². The number of likely N-dealkylation sites (tertiary alicyclic amines) is 1. The number of benzene rings is 1. The molecule has 0 bridgehead atoms. The number of ether oxygens (including phenoxy) is 1. The highest BCUT2D eigenvalue weighted by atomic mass is 35.5. The highest BCUT2D eigenvalue weighted by Gasteiger charge is 2.48. The van der Waals surface area contributed by atoms with Crippen LogP contribution in [0.2, 0.25) is 5.02 Å². The van der Waals surface area contributed by atoms with Crippen molar-refractivity contribution in [3.05, 3.63) is 29.3 Å². The first kappa shape index (κ1) is 24.8. The van der Waals surface area contributed by atoms with Crippen LogP contribution in [0.3, 0.4) is 0 Å². The van der Waals surface area contributed by atoms with E-state index < -0.39 is 0 Å². The molecule has 1 unspecified atom stereocenters. The lowest BCUT2D eigenvalue weighted by molar-refractivity contribution is -0.139. The zero-order valence-electron chi connectivity index (χ0n) is 20.6. The van der Waals surface area contributed by atoms with Crippen LogP contribution in [0.5, 0.6) is 0 Å². The predicted octanol–water partition coefficient (Wildman–Crippen LogP) is 1.68. The lowest BCUT2D eigenvalue weighted by Gasteiger charge is -2.38. The molecular weight excluding hydrogens is 466 g/mol. The monoisotopic (exact) mass is 503 g/mol. The molecular formula is C26H38ClN5O3. The molecule has 0 aromatic heterocycles. The van der Waals surface area contributed by atoms with Gasteiger partial charge in [0.1, 0.15) is 0 Å². The summed E-state index contributed by atoms with van der Waals surface area (Å²) in [6, 6.07) is 8.32. The maximum Gasteiger partial charge on any atom is 0.236 e. The van der Waals surface area contributed by atoms with Crippen LogP contribution in [0.15, 0.2) is 24.3 Å². The number of hydrogen-bond acceptors (Lipinski definition) is 6. The molecule has 0 radical (unpaired) electrons. The predicted molar refractivity (Wildman–Crippen MR) is 137 cm³/mol. The second-order valence-corrected chi connectivity index (χ2v) is 11.0. The van der Waals surface area contributed by atoms with E-state index in [4.69, 9.17) is 16.3 Å². The maximum absolute atomic E-state index is 13.0. The number of piperazine rings is 1. The smallest absolute Gasteiger partial charge is 0.236 e. The van der Waals surface area contributed by atoms with Crippen LogP contribution in [0.1, 0.15) is 25.7 Å². The van der Waals surface area contributed by atoms with Crippen molar-refractivity contribution in [2.75, 3.05) is 83.6 Å². The van der Waals surface area contributed by atoms with Gasteiger partial charge in [0.25, 0.3) is 0 Å². The van der Waals surface area contributed by atoms with Crippen molar-refractivity contribution in [3.63, 3.8) is 0 Å². The van der Waals surface area contributed by atoms with Crippen LogP contribution in [0.4, 0.5) is 5.69 Å². The SMILES string of the molecule is O=C(CN1CCOCC1)N1CCC2(CC1)CC(CCN1CCN(c3cccc(Cl)c3)CC1)NC2=O. The Balaban J connectivity index is 1.04. The van der Waals surface area contributed by atoms with E-state index in [1.807, 2.05) is 23.1 Å². The molecule has 4 saturated heterocycles. The van der Waals surface area contributed by atoms with Gasteiger partial charge in [-0.15, -0.1) is 0 Å². The summed E-state index contributed by atoms with van der Waals surface area (Å²) in [5.74, 6) is 0.391. The van der Waals surface area contributed by atoms with Gasteiger partial charge in [0, 0.05) is 75.7 Å². The molecule has 192 valence electrons. The Morgan fingerprint density at radius 2 is 1.77 bits per heavy atom. The van der Waals surface area contributed by atoms with E-state index in [0.717, 1.165) is 76.5 Å². The standard InChI is InChI=1S/C26H38ClN5O3/c27-21-2-1-3-23(18-21)31-12-10-29(11-13-31)7-4-22-19-26(25(34)28-22)5-8-32(9-6-26)24(33)20-30-14-16-35-17-15-30/h1-3,18,22H,4-17,19-20H2,(H,28,34). The van der Waals surface area contributed by atoms with Crippen molar-refractivity contribution in [2.24, 2.45) is 5.41 Å². The summed E-state index contributed by atoms with van der Waals surface area (Å²) in [5, 5.41) is 4.07. The molecule has 1 atom stereocenters. The van der Waals surface area contributed by atoms with Gasteiger partial charge in [-0.25, -0.2) is 0 Å². The summed E-state index contributed by atoms with van der Waals surface area (Å²) in [7, 11) is 0. The van der Waals surface area contributed by atoms with Crippen LogP contribution in [-0.4, -0.2) is 111 Å². The number of nitrogens with one attached hydrogen (secondary N) is 1. The Hall–Kier alpha value is -1.87. The molecule has 4 fully saturated rings. The van der Waals surface area contributed by atoms with Crippen molar-refractivity contribution in [2.45, 2.75) is 31.7 Å². The third-order valence-corrected chi connectivity index (χ3v) is 8.56. The molecule has 1 N–H and O–H groups in total. The zero-order chi connectivity index (χ0) is 24.3. The molecule has 4 heterocycles. The number of anilines is 1. The highest BCUT2D eigenvalue weighted by molar-refractivity contribution is 6.30. The Kier molecular flexibility index (Phi) is 7.82. The van der Waals surface area contributed by atoms with Crippen LogP contribution in [0.25, 0.3) is 0 Å². The van der Waals surface area contributed by atoms with E-state index in [1.165, 1.54) is 5.69 Å². The van der Waals surface area contributed by atoms with E-state index in [9.17, 15) is 9.59 Å². The van der Waals surface area contributed by atoms with E-state index >= 15 is 0 Å². The van der Waals surface area contributed by atoms with Crippen molar-refractivity contribution in [1.29, 1.82) is 0 Å². The van der Waals surface area contributed by atoms with Gasteiger partial charge in [0.2, 0.25) is 11.8 Å². The number of nitrogens with zero attached hydrogens (tertiary/aromatic N) is 4. The largest absolute Gasteiger partial charge is 0.379 e. The summed E-state index contributed by atoms with van der Waals surface area (Å²) in [6.45, 7) is 9.95. The fourth-order valence-electron chi connectivity index (χ4n) is 6.03. The zero-order valence-corrected chi connectivity index (χ0v) is 21.3. The van der Waals surface area contributed by atoms with Gasteiger partial charge < -0.3 is 19.9 Å². The molecule has 0 aliphatic carbocycles. The van der Waals surface area contributed by atoms with Crippen molar-refractivity contribution < 1.29 is 14.3 Å². The summed E-state index contributed by atoms with van der Waals surface area (Å²) in [6.07, 6.45) is 3.45. The minimum atomic E-state index is -0.286. The minimum Gasteiger partial charge on any atom is -0.379 e. The quantitative estimate of drug-likeness (QED) is 0.637. The average molecular weight is 504 g/mol. The minimum absolute atomic E-state index is 0.189. The number of hydrogen-bond donors (Lipinski definition) is 1. The lowest BCUT2D eigenvalue weighted by atomic mass is 9.75. The second kappa shape index (κ2) is 11.0. The van der Waals surface area contributed by atoms with E-state index in [0.29, 0.717) is 32.8 Å². The summed E-state index contributed by atoms with van der Waals surface area (Å²) in [4.78, 5) is 34.7. The molecule has 4 aliphatic rings. The third-order valence-electron chi connectivity index (χ3n) is 8.33. The third kappa shape index (κ3) is 5.93. The molecule has 1 aromatic rings. The number of carbonyl (C=O) groups excluding carboxylic acids is 2. The average Bonchev–Trinajstić information content (AvgIpc) is 3.18. The number of morpholine rings is 1. The Morgan fingerprint density at radius 1 is 1.03 bits per heavy atom. The number of rotatable bonds is 6. The normalized spacial score (nSPS) is 25.7. The van der Waals surface area contributed by atoms with Gasteiger partial charge in [-0.2, -0.15) is 0 Å². The number of piperidine rings is 1. The Bertz CT molecular complexity index is 893. The van der Waals surface area contributed by atoms with Crippen LogP contribution >= 0.6 is 11.6 Å². The van der Waals surface area contributed by atoms with Crippen LogP contribution < -0.4 is 10.2 Å². The maximum atomic E-state index is 13.0. The Labute approximate surface area is 213 Å². The molecule has 5 rings (SSSR count). The van der Waals surface area contributed by atoms with E-state index in [2.05, 4.69) is 26.1 Å². The molecule has 8 nitrogen and oxygen atoms in total. The fourth-order valence-corrected chi connectivity index (χ4v) is 6.22. The van der Waals surface area contributed by atoms with Crippen molar-refractivity contribution in [1.82, 2.24) is 20.0 Å². The van der Waals surface area contributed by atoms with Crippen LogP contribution in [0, 0.1) is 5.41 Å². The molecule has 1 aromatic carbocycles. The molecule has 2 amide bonds. The molecule has 0 saturated carbocycles. The highest BCUT2D eigenvalue weighted by Crippen LogP contribution is 2.41. The topological polar surface area (TPSA) is 68.4 Å². The Morgan fingerprint density at radius 3 is 2.49 bits per heavy atom. The fraction of sp³-hybridized carbons (Fsp3) is 0.692. The first-order valence-corrected chi connectivity index (χ1v) is 13.5. The van der Waals surface area contributed by atoms with Gasteiger partial charge in [-0.3, -0.25) is 19.4 Å². The lowest BCUT2D eigenvalue weighted by Crippen LogP contribution is -2.50. The first-order chi connectivity index (χ1) is 17.0. The molecule has 1 spiro atoms. The second-order valence-electron chi connectivity index (χ2n) is 10.5. The number of carbonyl (C=O) groups is 2. The van der Waals surface area contributed by atoms with Gasteiger partial charge >= 0.3 is 0 Å². The van der Waals surface area contributed by atoms with E-state index in [1.54, 1.807) is 0 Å². The summed E-state index contributed by atoms with van der Waals surface area (Å²) < 4.78 is 5.38. The van der Waals surface area contributed by atoms with Crippen molar-refractivity contribution in [3.8, 4) is 0 Å². The van der Waals surface area contributed by atoms with Gasteiger partial charge in [-0.05, 0) is 43.9 Å². The molecule has 9 heteroatoms. The summed E-state index contributed by atoms with van der Waals surface area (Å²) >= 11 is 6.15. The molecule has 4 aliphatic heterocycles. The number of halogens is 1. The van der Waals surface area contributed by atoms with E-state index in [-0.39, 0.29) is 23.3 Å². The van der Waals surface area contributed by atoms with Crippen molar-refractivity contribution >= 4 is 29.1 Å². The van der Waals surface area contributed by atoms with Gasteiger partial charge in [0.05, 0.1) is 25.2 Å². The first-order valence-electron chi connectivity index (χ1n) is 13.1. The summed E-state index contributed by atoms with van der Waals surface area (Å²) in [5.41, 5.74) is 0.906. The number of amides is 2. The molecule has 35 heavy (non-hydrogen) atoms. The van der Waals surface area contributed by atoms with Gasteiger partial charge in [-0.1, -0.05) is 17.7 Å².